The second kappa shape index (κ2) is 7.21. The number of rotatable bonds is 3. The highest BCUT2D eigenvalue weighted by Crippen LogP contribution is 2.27. The highest BCUT2D eigenvalue weighted by molar-refractivity contribution is 5.89. The number of urea groups is 1. The number of nitrogens with one attached hydrogen (secondary N) is 2. The van der Waals surface area contributed by atoms with Crippen molar-refractivity contribution in [2.45, 2.75) is 50.1 Å². The number of carbonyl (C=O) groups is 2. The molecule has 1 aromatic carbocycles. The van der Waals surface area contributed by atoms with Gasteiger partial charge in [0.15, 0.2) is 0 Å². The fraction of sp³-hybridized carbons (Fsp3) is 0.556. The minimum Gasteiger partial charge on any atom is -0.352 e. The van der Waals surface area contributed by atoms with Gasteiger partial charge in [0.1, 0.15) is 0 Å². The van der Waals surface area contributed by atoms with Crippen LogP contribution in [-0.4, -0.2) is 41.5 Å². The molecule has 3 amide bonds. The number of nitrogens with two attached hydrogens (primary N) is 1. The Labute approximate surface area is 142 Å². The van der Waals surface area contributed by atoms with E-state index in [1.807, 2.05) is 30.3 Å². The fourth-order valence-electron chi connectivity index (χ4n) is 3.51. The lowest BCUT2D eigenvalue weighted by Crippen LogP contribution is -2.56. The molecule has 6 nitrogen and oxygen atoms in total. The molecule has 0 unspecified atom stereocenters. The van der Waals surface area contributed by atoms with Crippen LogP contribution in [0.2, 0.25) is 0 Å². The van der Waals surface area contributed by atoms with Gasteiger partial charge in [-0.3, -0.25) is 4.79 Å². The fourth-order valence-corrected chi connectivity index (χ4v) is 3.51. The Morgan fingerprint density at radius 1 is 1.08 bits per heavy atom. The summed E-state index contributed by atoms with van der Waals surface area (Å²) in [5.74, 6) is -0.0211. The molecule has 0 bridgehead atoms. The van der Waals surface area contributed by atoms with Crippen molar-refractivity contribution < 1.29 is 9.59 Å². The molecule has 1 heterocycles. The van der Waals surface area contributed by atoms with Crippen molar-refractivity contribution in [3.05, 3.63) is 30.3 Å². The summed E-state index contributed by atoms with van der Waals surface area (Å²) in [6, 6.07) is 9.46. The lowest BCUT2D eigenvalue weighted by molar-refractivity contribution is -0.127. The Balaban J connectivity index is 1.45. The summed E-state index contributed by atoms with van der Waals surface area (Å²) in [6.45, 7) is 1.28. The lowest BCUT2D eigenvalue weighted by Gasteiger charge is -2.34. The Morgan fingerprint density at radius 2 is 1.71 bits per heavy atom. The number of carbonyl (C=O) groups excluding carboxylic acids is 2. The third-order valence-corrected chi connectivity index (χ3v) is 5.09. The van der Waals surface area contributed by atoms with Gasteiger partial charge in [0.05, 0.1) is 5.54 Å². The maximum Gasteiger partial charge on any atom is 0.321 e. The minimum atomic E-state index is -0.679. The van der Waals surface area contributed by atoms with E-state index in [4.69, 9.17) is 5.73 Å². The van der Waals surface area contributed by atoms with Crippen LogP contribution in [0.3, 0.4) is 0 Å². The minimum absolute atomic E-state index is 0.0211. The maximum atomic E-state index is 12.4. The molecule has 0 radical (unpaired) electrons. The van der Waals surface area contributed by atoms with Gasteiger partial charge in [0, 0.05) is 24.8 Å². The van der Waals surface area contributed by atoms with E-state index in [0.29, 0.717) is 13.1 Å². The van der Waals surface area contributed by atoms with Crippen molar-refractivity contribution in [2.75, 3.05) is 18.4 Å². The zero-order valence-corrected chi connectivity index (χ0v) is 14.0. The molecule has 1 saturated heterocycles. The van der Waals surface area contributed by atoms with Gasteiger partial charge in [0.2, 0.25) is 5.91 Å². The van der Waals surface area contributed by atoms with Gasteiger partial charge >= 0.3 is 6.03 Å². The molecule has 2 fully saturated rings. The number of benzene rings is 1. The molecule has 6 heteroatoms. The van der Waals surface area contributed by atoms with Crippen LogP contribution in [0.1, 0.15) is 38.5 Å². The summed E-state index contributed by atoms with van der Waals surface area (Å²) in [5.41, 5.74) is 6.31. The average Bonchev–Trinajstić information content (AvgIpc) is 3.04. The van der Waals surface area contributed by atoms with Crippen molar-refractivity contribution in [2.24, 2.45) is 5.73 Å². The van der Waals surface area contributed by atoms with E-state index in [1.54, 1.807) is 4.90 Å². The van der Waals surface area contributed by atoms with E-state index in [0.717, 1.165) is 44.2 Å². The Bertz CT molecular complexity index is 576. The van der Waals surface area contributed by atoms with Crippen LogP contribution in [-0.2, 0) is 4.79 Å². The number of hydrogen-bond acceptors (Lipinski definition) is 3. The molecule has 0 atom stereocenters. The molecule has 3 rings (SSSR count). The highest BCUT2D eigenvalue weighted by Gasteiger charge is 2.38. The van der Waals surface area contributed by atoms with Crippen molar-refractivity contribution >= 4 is 17.6 Å². The number of piperidine rings is 1. The molecular weight excluding hydrogens is 304 g/mol. The van der Waals surface area contributed by atoms with Gasteiger partial charge in [-0.25, -0.2) is 4.79 Å². The normalized spacial score (nSPS) is 20.6. The summed E-state index contributed by atoms with van der Waals surface area (Å²) in [7, 11) is 0. The van der Waals surface area contributed by atoms with Crippen LogP contribution in [0.25, 0.3) is 0 Å². The Hall–Kier alpha value is -2.08. The molecule has 0 aromatic heterocycles. The number of amides is 3. The topological polar surface area (TPSA) is 87.5 Å². The zero-order valence-electron chi connectivity index (χ0n) is 14.0. The highest BCUT2D eigenvalue weighted by atomic mass is 16.2. The molecular formula is C18H26N4O2. The van der Waals surface area contributed by atoms with E-state index in [9.17, 15) is 9.59 Å². The summed E-state index contributed by atoms with van der Waals surface area (Å²) >= 11 is 0. The third kappa shape index (κ3) is 3.87. The van der Waals surface area contributed by atoms with E-state index in [-0.39, 0.29) is 18.0 Å². The van der Waals surface area contributed by atoms with Crippen molar-refractivity contribution in [1.82, 2.24) is 10.2 Å². The number of anilines is 1. The summed E-state index contributed by atoms with van der Waals surface area (Å²) in [6.07, 6.45) is 5.15. The number of likely N-dealkylation sites (tertiary alicyclic amines) is 1. The first kappa shape index (κ1) is 16.8. The van der Waals surface area contributed by atoms with E-state index >= 15 is 0 Å². The van der Waals surface area contributed by atoms with Crippen molar-refractivity contribution in [1.29, 1.82) is 0 Å². The van der Waals surface area contributed by atoms with Gasteiger partial charge < -0.3 is 21.3 Å². The van der Waals surface area contributed by atoms with Crippen LogP contribution in [0.5, 0.6) is 0 Å². The average molecular weight is 330 g/mol. The quantitative estimate of drug-likeness (QED) is 0.793. The molecule has 130 valence electrons. The molecule has 1 aliphatic carbocycles. The molecule has 1 saturated carbocycles. The third-order valence-electron chi connectivity index (χ3n) is 5.09. The monoisotopic (exact) mass is 330 g/mol. The van der Waals surface area contributed by atoms with E-state index < -0.39 is 5.54 Å². The van der Waals surface area contributed by atoms with Gasteiger partial charge in [-0.05, 0) is 37.8 Å². The van der Waals surface area contributed by atoms with Crippen molar-refractivity contribution in [3.8, 4) is 0 Å². The van der Waals surface area contributed by atoms with Gasteiger partial charge in [0.25, 0.3) is 0 Å². The van der Waals surface area contributed by atoms with Crippen molar-refractivity contribution in [3.63, 3.8) is 0 Å². The standard InChI is InChI=1S/C18H26N4O2/c19-18(10-4-5-11-18)16(23)20-15-8-12-22(13-9-15)17(24)21-14-6-2-1-3-7-14/h1-3,6-7,15H,4-5,8-13,19H2,(H,20,23)(H,21,24). The van der Waals surface area contributed by atoms with Crippen LogP contribution < -0.4 is 16.4 Å². The maximum absolute atomic E-state index is 12.4. The van der Waals surface area contributed by atoms with Gasteiger partial charge in [-0.2, -0.15) is 0 Å². The number of nitrogens with zero attached hydrogens (tertiary/aromatic N) is 1. The summed E-state index contributed by atoms with van der Waals surface area (Å²) < 4.78 is 0. The lowest BCUT2D eigenvalue weighted by atomic mass is 9.96. The first-order chi connectivity index (χ1) is 11.6. The predicted molar refractivity (Wildman–Crippen MR) is 93.6 cm³/mol. The van der Waals surface area contributed by atoms with Gasteiger partial charge in [-0.1, -0.05) is 31.0 Å². The molecule has 4 N–H and O–H groups in total. The van der Waals surface area contributed by atoms with Crippen LogP contribution in [0.4, 0.5) is 10.5 Å². The zero-order chi connectivity index (χ0) is 17.0. The number of hydrogen-bond donors (Lipinski definition) is 3. The second-order valence-electron chi connectivity index (χ2n) is 6.89. The second-order valence-corrected chi connectivity index (χ2v) is 6.89. The first-order valence-corrected chi connectivity index (χ1v) is 8.78. The first-order valence-electron chi connectivity index (χ1n) is 8.78. The van der Waals surface area contributed by atoms with E-state index in [1.165, 1.54) is 0 Å². The molecule has 24 heavy (non-hydrogen) atoms. The number of para-hydroxylation sites is 1. The Kier molecular flexibility index (Phi) is 5.04. The predicted octanol–water partition coefficient (Wildman–Crippen LogP) is 2.07. The summed E-state index contributed by atoms with van der Waals surface area (Å²) in [4.78, 5) is 26.4. The van der Waals surface area contributed by atoms with E-state index in [2.05, 4.69) is 10.6 Å². The Morgan fingerprint density at radius 3 is 2.33 bits per heavy atom. The molecule has 2 aliphatic rings. The molecule has 1 aromatic rings. The van der Waals surface area contributed by atoms with Gasteiger partial charge in [-0.15, -0.1) is 0 Å². The molecule has 1 aliphatic heterocycles. The van der Waals surface area contributed by atoms with Crippen LogP contribution in [0.15, 0.2) is 30.3 Å². The van der Waals surface area contributed by atoms with Crippen LogP contribution >= 0.6 is 0 Å². The van der Waals surface area contributed by atoms with Crippen LogP contribution in [0, 0.1) is 0 Å². The largest absolute Gasteiger partial charge is 0.352 e. The SMILES string of the molecule is NC1(C(=O)NC2CCN(C(=O)Nc3ccccc3)CC2)CCCC1. The molecule has 0 spiro atoms. The summed E-state index contributed by atoms with van der Waals surface area (Å²) in [5, 5.41) is 5.99. The smallest absolute Gasteiger partial charge is 0.321 e.